The van der Waals surface area contributed by atoms with Crippen molar-refractivity contribution in [2.75, 3.05) is 0 Å². The monoisotopic (exact) mass is 296 g/mol. The summed E-state index contributed by atoms with van der Waals surface area (Å²) < 4.78 is 5.21. The van der Waals surface area contributed by atoms with Crippen molar-refractivity contribution in [1.82, 2.24) is 0 Å². The molecule has 0 heterocycles. The predicted molar refractivity (Wildman–Crippen MR) is 88.2 cm³/mol. The minimum Gasteiger partial charge on any atom is -0.423 e. The first-order valence-electron chi connectivity index (χ1n) is 7.15. The molecule has 0 amide bonds. The first kappa shape index (κ1) is 16.0. The van der Waals surface area contributed by atoms with E-state index in [4.69, 9.17) is 4.74 Å². The Balaban J connectivity index is 2.35. The Kier molecular flexibility index (Phi) is 4.18. The fourth-order valence-electron chi connectivity index (χ4n) is 2.06. The van der Waals surface area contributed by atoms with Crippen LogP contribution in [-0.2, 0) is 4.79 Å². The summed E-state index contributed by atoms with van der Waals surface area (Å²) in [5.41, 5.74) is 0.628. The van der Waals surface area contributed by atoms with E-state index in [2.05, 4.69) is 6.58 Å². The number of ether oxygens (including phenoxy) is 1. The van der Waals surface area contributed by atoms with Crippen molar-refractivity contribution < 1.29 is 14.3 Å². The average Bonchev–Trinajstić information content (AvgIpc) is 2.44. The summed E-state index contributed by atoms with van der Waals surface area (Å²) in [4.78, 5) is 23.9. The van der Waals surface area contributed by atoms with E-state index in [0.29, 0.717) is 16.9 Å². The zero-order valence-corrected chi connectivity index (χ0v) is 13.4. The number of carbonyl (C=O) groups excluding carboxylic acids is 2. The van der Waals surface area contributed by atoms with Crippen molar-refractivity contribution in [2.45, 2.75) is 27.7 Å². The number of hydrogen-bond donors (Lipinski definition) is 0. The van der Waals surface area contributed by atoms with Crippen molar-refractivity contribution in [1.29, 1.82) is 0 Å². The van der Waals surface area contributed by atoms with Gasteiger partial charge in [0.15, 0.2) is 5.78 Å². The van der Waals surface area contributed by atoms with E-state index >= 15 is 0 Å². The molecule has 114 valence electrons. The normalized spacial score (nSPS) is 11.3. The second kappa shape index (κ2) is 5.76. The summed E-state index contributed by atoms with van der Waals surface area (Å²) in [5.74, 6) is 0.126. The van der Waals surface area contributed by atoms with E-state index < -0.39 is 11.4 Å². The zero-order chi connectivity index (χ0) is 16.5. The SMILES string of the molecule is C=C(C)C(=O)Oc1ccc2cc(C(=O)C(C)(C)C)ccc2c1. The fourth-order valence-corrected chi connectivity index (χ4v) is 2.06. The van der Waals surface area contributed by atoms with E-state index in [1.165, 1.54) is 0 Å². The fraction of sp³-hybridized carbons (Fsp3) is 0.263. The molecule has 0 aliphatic carbocycles. The molecule has 0 spiro atoms. The molecule has 0 bridgehead atoms. The first-order valence-corrected chi connectivity index (χ1v) is 7.15. The van der Waals surface area contributed by atoms with Gasteiger partial charge in [-0.25, -0.2) is 4.79 Å². The average molecular weight is 296 g/mol. The van der Waals surface area contributed by atoms with Crippen LogP contribution in [0.25, 0.3) is 10.8 Å². The Morgan fingerprint density at radius 1 is 1.00 bits per heavy atom. The van der Waals surface area contributed by atoms with Gasteiger partial charge in [0.1, 0.15) is 5.75 Å². The highest BCUT2D eigenvalue weighted by Gasteiger charge is 2.22. The van der Waals surface area contributed by atoms with Gasteiger partial charge in [0, 0.05) is 16.6 Å². The number of rotatable bonds is 3. The summed E-state index contributed by atoms with van der Waals surface area (Å²) in [6.07, 6.45) is 0. The molecule has 0 saturated carbocycles. The third-order valence-electron chi connectivity index (χ3n) is 3.31. The van der Waals surface area contributed by atoms with Crippen molar-refractivity contribution >= 4 is 22.5 Å². The smallest absolute Gasteiger partial charge is 0.338 e. The van der Waals surface area contributed by atoms with E-state index in [1.807, 2.05) is 39.0 Å². The molecule has 3 heteroatoms. The van der Waals surface area contributed by atoms with Crippen molar-refractivity contribution in [3.63, 3.8) is 0 Å². The highest BCUT2D eigenvalue weighted by atomic mass is 16.5. The molecule has 0 aliphatic rings. The van der Waals surface area contributed by atoms with Gasteiger partial charge in [0.25, 0.3) is 0 Å². The maximum atomic E-state index is 12.3. The van der Waals surface area contributed by atoms with Crippen LogP contribution in [0.15, 0.2) is 48.6 Å². The molecule has 0 aromatic heterocycles. The first-order chi connectivity index (χ1) is 10.2. The molecule has 3 nitrogen and oxygen atoms in total. The molecule has 0 atom stereocenters. The largest absolute Gasteiger partial charge is 0.423 e. The van der Waals surface area contributed by atoms with Crippen LogP contribution < -0.4 is 4.74 Å². The highest BCUT2D eigenvalue weighted by Crippen LogP contribution is 2.26. The Bertz CT molecular complexity index is 764. The molecule has 2 aromatic carbocycles. The third kappa shape index (κ3) is 3.42. The summed E-state index contributed by atoms with van der Waals surface area (Å²) >= 11 is 0. The molecule has 0 saturated heterocycles. The van der Waals surface area contributed by atoms with Crippen LogP contribution in [0.4, 0.5) is 0 Å². The van der Waals surface area contributed by atoms with E-state index in [-0.39, 0.29) is 5.78 Å². The van der Waals surface area contributed by atoms with Crippen molar-refractivity contribution in [2.24, 2.45) is 5.41 Å². The molecule has 0 fully saturated rings. The van der Waals surface area contributed by atoms with Gasteiger partial charge < -0.3 is 4.74 Å². The maximum Gasteiger partial charge on any atom is 0.338 e. The lowest BCUT2D eigenvalue weighted by atomic mass is 9.86. The minimum absolute atomic E-state index is 0.104. The second-order valence-corrected chi connectivity index (χ2v) is 6.47. The van der Waals surface area contributed by atoms with Crippen LogP contribution in [0.3, 0.4) is 0 Å². The number of carbonyl (C=O) groups is 2. The number of ketones is 1. The number of benzene rings is 2. The lowest BCUT2D eigenvalue weighted by molar-refractivity contribution is -0.130. The molecule has 0 aliphatic heterocycles. The van der Waals surface area contributed by atoms with Crippen LogP contribution in [0.5, 0.6) is 5.75 Å². The third-order valence-corrected chi connectivity index (χ3v) is 3.31. The standard InChI is InChI=1S/C19H20O3/c1-12(2)18(21)22-16-9-8-13-10-15(7-6-14(13)11-16)17(20)19(3,4)5/h6-11H,1H2,2-5H3. The number of Topliss-reactive ketones (excluding diaryl/α,β-unsaturated/α-hetero) is 1. The number of esters is 1. The number of fused-ring (bicyclic) bond motifs is 1. The lowest BCUT2D eigenvalue weighted by Gasteiger charge is -2.17. The van der Waals surface area contributed by atoms with Gasteiger partial charge >= 0.3 is 5.97 Å². The van der Waals surface area contributed by atoms with Gasteiger partial charge in [-0.1, -0.05) is 45.5 Å². The topological polar surface area (TPSA) is 43.4 Å². The summed E-state index contributed by atoms with van der Waals surface area (Å²) in [7, 11) is 0. The van der Waals surface area contributed by atoms with Crippen LogP contribution in [0, 0.1) is 5.41 Å². The van der Waals surface area contributed by atoms with Crippen molar-refractivity contribution in [3.8, 4) is 5.75 Å². The van der Waals surface area contributed by atoms with Crippen LogP contribution in [-0.4, -0.2) is 11.8 Å². The summed E-state index contributed by atoms with van der Waals surface area (Å²) in [6, 6.07) is 10.9. The molecule has 0 N–H and O–H groups in total. The predicted octanol–water partition coefficient (Wildman–Crippen LogP) is 4.55. The Morgan fingerprint density at radius 3 is 2.18 bits per heavy atom. The summed E-state index contributed by atoms with van der Waals surface area (Å²) in [6.45, 7) is 10.9. The van der Waals surface area contributed by atoms with Crippen LogP contribution in [0.1, 0.15) is 38.1 Å². The van der Waals surface area contributed by atoms with Gasteiger partial charge in [0.05, 0.1) is 0 Å². The lowest BCUT2D eigenvalue weighted by Crippen LogP contribution is -2.19. The molecule has 22 heavy (non-hydrogen) atoms. The minimum atomic E-state index is -0.445. The molecular weight excluding hydrogens is 276 g/mol. The molecule has 2 aromatic rings. The second-order valence-electron chi connectivity index (χ2n) is 6.47. The zero-order valence-electron chi connectivity index (χ0n) is 13.4. The van der Waals surface area contributed by atoms with Gasteiger partial charge in [-0.05, 0) is 35.9 Å². The van der Waals surface area contributed by atoms with E-state index in [1.54, 1.807) is 25.1 Å². The maximum absolute atomic E-state index is 12.3. The van der Waals surface area contributed by atoms with Crippen LogP contribution in [0.2, 0.25) is 0 Å². The van der Waals surface area contributed by atoms with Gasteiger partial charge in [-0.3, -0.25) is 4.79 Å². The molecule has 0 radical (unpaired) electrons. The van der Waals surface area contributed by atoms with Gasteiger partial charge in [0.2, 0.25) is 0 Å². The Hall–Kier alpha value is -2.42. The number of hydrogen-bond acceptors (Lipinski definition) is 3. The van der Waals surface area contributed by atoms with Gasteiger partial charge in [-0.15, -0.1) is 0 Å². The van der Waals surface area contributed by atoms with Crippen molar-refractivity contribution in [3.05, 3.63) is 54.1 Å². The molecular formula is C19H20O3. The van der Waals surface area contributed by atoms with Gasteiger partial charge in [-0.2, -0.15) is 0 Å². The summed E-state index contributed by atoms with van der Waals surface area (Å²) in [5, 5.41) is 1.85. The van der Waals surface area contributed by atoms with Crippen LogP contribution >= 0.6 is 0 Å². The Morgan fingerprint density at radius 2 is 1.59 bits per heavy atom. The highest BCUT2D eigenvalue weighted by molar-refractivity contribution is 6.03. The Labute approximate surface area is 130 Å². The van der Waals surface area contributed by atoms with E-state index in [9.17, 15) is 9.59 Å². The van der Waals surface area contributed by atoms with E-state index in [0.717, 1.165) is 10.8 Å². The quantitative estimate of drug-likeness (QED) is 0.361. The molecule has 2 rings (SSSR count). The molecule has 0 unspecified atom stereocenters.